The Kier molecular flexibility index (Phi) is 8.76. The van der Waals surface area contributed by atoms with E-state index < -0.39 is 34.5 Å². The molecule has 2 aliphatic heterocycles. The average molecular weight is 561 g/mol. The molecule has 1 saturated heterocycles. The number of nitrogens with one attached hydrogen (secondary N) is 4. The molecular formula is C25H32N6O7S. The fourth-order valence-electron chi connectivity index (χ4n) is 4.44. The van der Waals surface area contributed by atoms with Crippen molar-refractivity contribution in [3.05, 3.63) is 48.0 Å². The van der Waals surface area contributed by atoms with Gasteiger partial charge in [-0.25, -0.2) is 8.42 Å². The second-order valence-electron chi connectivity index (χ2n) is 9.36. The number of phenols is 2. The maximum atomic E-state index is 12.9. The molecule has 39 heavy (non-hydrogen) atoms. The highest BCUT2D eigenvalue weighted by molar-refractivity contribution is 7.89. The van der Waals surface area contributed by atoms with Crippen molar-refractivity contribution in [2.24, 2.45) is 4.99 Å². The minimum absolute atomic E-state index is 0.0356. The molecule has 210 valence electrons. The molecular weight excluding hydrogens is 528 g/mol. The molecule has 0 aliphatic carbocycles. The SMILES string of the molecule is O=C(O)CC(NC(=O)c1ccc(N2CCC(NC3=NCCCN3)CC2)c(O)c1)NS(=O)(=O)c1ccc(O)cc1. The molecule has 14 heteroatoms. The number of nitrogens with zero attached hydrogens (tertiary/aromatic N) is 2. The van der Waals surface area contributed by atoms with E-state index in [1.54, 1.807) is 6.07 Å². The fourth-order valence-corrected chi connectivity index (χ4v) is 5.59. The maximum absolute atomic E-state index is 12.9. The first-order chi connectivity index (χ1) is 18.6. The van der Waals surface area contributed by atoms with Gasteiger partial charge < -0.3 is 36.2 Å². The zero-order valence-electron chi connectivity index (χ0n) is 21.1. The Hall–Kier alpha value is -4.04. The Labute approximate surface area is 226 Å². The second-order valence-corrected chi connectivity index (χ2v) is 11.1. The van der Waals surface area contributed by atoms with Crippen molar-refractivity contribution in [3.8, 4) is 11.5 Å². The number of aromatic hydroxyl groups is 2. The molecule has 1 unspecified atom stereocenters. The number of anilines is 1. The third-order valence-electron chi connectivity index (χ3n) is 6.44. The van der Waals surface area contributed by atoms with Crippen molar-refractivity contribution in [1.29, 1.82) is 0 Å². The first-order valence-corrected chi connectivity index (χ1v) is 14.1. The van der Waals surface area contributed by atoms with E-state index >= 15 is 0 Å². The normalized spacial score (nSPS) is 17.0. The first-order valence-electron chi connectivity index (χ1n) is 12.6. The monoisotopic (exact) mass is 560 g/mol. The van der Waals surface area contributed by atoms with E-state index in [0.717, 1.165) is 50.4 Å². The molecule has 13 nitrogen and oxygen atoms in total. The number of carboxylic acid groups (broad SMARTS) is 1. The summed E-state index contributed by atoms with van der Waals surface area (Å²) in [5, 5.41) is 38.3. The van der Waals surface area contributed by atoms with E-state index in [4.69, 9.17) is 0 Å². The summed E-state index contributed by atoms with van der Waals surface area (Å²) in [6, 6.07) is 9.26. The van der Waals surface area contributed by atoms with Gasteiger partial charge in [-0.05, 0) is 61.7 Å². The van der Waals surface area contributed by atoms with Crippen molar-refractivity contribution in [2.45, 2.75) is 42.8 Å². The van der Waals surface area contributed by atoms with Crippen LogP contribution in [0, 0.1) is 0 Å². The summed E-state index contributed by atoms with van der Waals surface area (Å²) in [6.07, 6.45) is 0.497. The molecule has 2 aliphatic rings. The molecule has 1 amide bonds. The summed E-state index contributed by atoms with van der Waals surface area (Å²) < 4.78 is 27.5. The number of aliphatic imine (C=N–C) groups is 1. The number of aliphatic carboxylic acids is 1. The highest BCUT2D eigenvalue weighted by atomic mass is 32.2. The van der Waals surface area contributed by atoms with Gasteiger partial charge in [0.2, 0.25) is 10.0 Å². The van der Waals surface area contributed by atoms with Gasteiger partial charge >= 0.3 is 5.97 Å². The van der Waals surface area contributed by atoms with Crippen LogP contribution in [0.3, 0.4) is 0 Å². The Morgan fingerprint density at radius 2 is 1.82 bits per heavy atom. The summed E-state index contributed by atoms with van der Waals surface area (Å²) in [5.41, 5.74) is 0.599. The largest absolute Gasteiger partial charge is 0.508 e. The van der Waals surface area contributed by atoms with E-state index in [0.29, 0.717) is 18.8 Å². The van der Waals surface area contributed by atoms with Gasteiger partial charge in [-0.2, -0.15) is 4.72 Å². The number of benzene rings is 2. The van der Waals surface area contributed by atoms with Crippen molar-refractivity contribution in [2.75, 3.05) is 31.1 Å². The van der Waals surface area contributed by atoms with Crippen LogP contribution >= 0.6 is 0 Å². The molecule has 4 rings (SSSR count). The maximum Gasteiger partial charge on any atom is 0.306 e. The third kappa shape index (κ3) is 7.51. The van der Waals surface area contributed by atoms with Gasteiger partial charge in [0.25, 0.3) is 5.91 Å². The number of sulfonamides is 1. The van der Waals surface area contributed by atoms with Crippen LogP contribution in [0.2, 0.25) is 0 Å². The molecule has 0 radical (unpaired) electrons. The van der Waals surface area contributed by atoms with Crippen molar-refractivity contribution in [3.63, 3.8) is 0 Å². The minimum Gasteiger partial charge on any atom is -0.508 e. The number of rotatable bonds is 9. The number of guanidine groups is 1. The molecule has 0 spiro atoms. The molecule has 1 fully saturated rings. The quantitative estimate of drug-likeness (QED) is 0.213. The van der Waals surface area contributed by atoms with Gasteiger partial charge in [0.05, 0.1) is 17.0 Å². The summed E-state index contributed by atoms with van der Waals surface area (Å²) in [7, 11) is -4.20. The van der Waals surface area contributed by atoms with Gasteiger partial charge in [-0.1, -0.05) is 0 Å². The number of amides is 1. The van der Waals surface area contributed by atoms with Crippen LogP contribution in [0.25, 0.3) is 0 Å². The molecule has 0 bridgehead atoms. The fraction of sp³-hybridized carbons (Fsp3) is 0.400. The van der Waals surface area contributed by atoms with Crippen LogP contribution < -0.4 is 25.6 Å². The molecule has 0 aromatic heterocycles. The van der Waals surface area contributed by atoms with Crippen LogP contribution in [0.5, 0.6) is 11.5 Å². The van der Waals surface area contributed by atoms with Crippen LogP contribution in [0.4, 0.5) is 5.69 Å². The second kappa shape index (κ2) is 12.2. The number of phenolic OH excluding ortho intramolecular Hbond substituents is 2. The van der Waals surface area contributed by atoms with Gasteiger partial charge in [0.15, 0.2) is 5.96 Å². The van der Waals surface area contributed by atoms with Crippen LogP contribution in [0.1, 0.15) is 36.0 Å². The van der Waals surface area contributed by atoms with Gasteiger partial charge in [0.1, 0.15) is 17.7 Å². The molecule has 0 saturated carbocycles. The summed E-state index contributed by atoms with van der Waals surface area (Å²) in [6.45, 7) is 3.08. The van der Waals surface area contributed by atoms with E-state index in [9.17, 15) is 33.3 Å². The number of carbonyl (C=O) groups is 2. The highest BCUT2D eigenvalue weighted by Crippen LogP contribution is 2.30. The predicted molar refractivity (Wildman–Crippen MR) is 143 cm³/mol. The highest BCUT2D eigenvalue weighted by Gasteiger charge is 2.26. The summed E-state index contributed by atoms with van der Waals surface area (Å²) in [5.74, 6) is -1.53. The number of carboxylic acids is 1. The molecule has 7 N–H and O–H groups in total. The zero-order valence-corrected chi connectivity index (χ0v) is 21.9. The van der Waals surface area contributed by atoms with E-state index in [-0.39, 0.29) is 28.0 Å². The lowest BCUT2D eigenvalue weighted by atomic mass is 10.0. The predicted octanol–water partition coefficient (Wildman–Crippen LogP) is 0.515. The van der Waals surface area contributed by atoms with Crippen molar-refractivity contribution in [1.82, 2.24) is 20.7 Å². The number of carbonyl (C=O) groups excluding carboxylic acids is 1. The molecule has 2 heterocycles. The minimum atomic E-state index is -4.20. The first kappa shape index (κ1) is 28.0. The zero-order chi connectivity index (χ0) is 28.0. The van der Waals surface area contributed by atoms with E-state index in [1.807, 2.05) is 4.90 Å². The van der Waals surface area contributed by atoms with E-state index in [1.165, 1.54) is 24.3 Å². The van der Waals surface area contributed by atoms with Crippen LogP contribution in [-0.2, 0) is 14.8 Å². The van der Waals surface area contributed by atoms with Gasteiger partial charge in [-0.15, -0.1) is 0 Å². The third-order valence-corrected chi connectivity index (χ3v) is 7.93. The topological polar surface area (TPSA) is 193 Å². The Morgan fingerprint density at radius 1 is 1.10 bits per heavy atom. The van der Waals surface area contributed by atoms with Crippen LogP contribution in [-0.4, -0.2) is 80.0 Å². The standard InChI is InChI=1S/C25H32N6O7S/c32-18-3-5-19(6-4-18)39(37,38)30-22(15-23(34)35)29-24(36)16-2-7-20(21(33)14-16)31-12-8-17(9-13-31)28-25-26-10-1-11-27-25/h2-7,14,17,22,30,32-33H,1,8-13,15H2,(H,29,36)(H,34,35)(H2,26,27,28). The van der Waals surface area contributed by atoms with Crippen molar-refractivity contribution >= 4 is 33.5 Å². The summed E-state index contributed by atoms with van der Waals surface area (Å²) in [4.78, 5) is 30.4. The number of hydrogen-bond donors (Lipinski definition) is 7. The number of hydrogen-bond acceptors (Lipinski definition) is 10. The Bertz CT molecular complexity index is 1320. The smallest absolute Gasteiger partial charge is 0.306 e. The van der Waals surface area contributed by atoms with Gasteiger partial charge in [-0.3, -0.25) is 14.6 Å². The molecule has 1 atom stereocenters. The Morgan fingerprint density at radius 3 is 2.44 bits per heavy atom. The lowest BCUT2D eigenvalue weighted by Gasteiger charge is -2.35. The van der Waals surface area contributed by atoms with Crippen LogP contribution in [0.15, 0.2) is 52.4 Å². The number of piperidine rings is 1. The Balaban J connectivity index is 1.38. The summed E-state index contributed by atoms with van der Waals surface area (Å²) >= 11 is 0. The molecule has 2 aromatic carbocycles. The average Bonchev–Trinajstić information content (AvgIpc) is 2.89. The van der Waals surface area contributed by atoms with Gasteiger partial charge in [0, 0.05) is 37.8 Å². The van der Waals surface area contributed by atoms with E-state index in [2.05, 4.69) is 25.7 Å². The lowest BCUT2D eigenvalue weighted by molar-refractivity contribution is -0.137. The molecule has 2 aromatic rings. The van der Waals surface area contributed by atoms with Crippen molar-refractivity contribution < 1.29 is 33.3 Å². The lowest BCUT2D eigenvalue weighted by Crippen LogP contribution is -2.50.